The van der Waals surface area contributed by atoms with Crippen LogP contribution in [0.5, 0.6) is 5.75 Å². The van der Waals surface area contributed by atoms with Gasteiger partial charge in [-0.15, -0.1) is 13.2 Å². The van der Waals surface area contributed by atoms with Gasteiger partial charge in [0.2, 0.25) is 0 Å². The van der Waals surface area contributed by atoms with Crippen molar-refractivity contribution in [1.82, 2.24) is 5.32 Å². The summed E-state index contributed by atoms with van der Waals surface area (Å²) in [6.45, 7) is 3.65. The van der Waals surface area contributed by atoms with Gasteiger partial charge in [-0.1, -0.05) is 18.2 Å². The van der Waals surface area contributed by atoms with Gasteiger partial charge >= 0.3 is 6.36 Å². The first-order chi connectivity index (χ1) is 8.83. The number of halogens is 3. The molecule has 1 aromatic carbocycles. The topological polar surface area (TPSA) is 41.5 Å². The molecule has 0 bridgehead atoms. The smallest absolute Gasteiger partial charge is 0.405 e. The van der Waals surface area contributed by atoms with Crippen LogP contribution in [0.3, 0.4) is 0 Å². The Labute approximate surface area is 110 Å². The highest BCUT2D eigenvalue weighted by atomic mass is 19.4. The number of rotatable bonds is 6. The van der Waals surface area contributed by atoms with Crippen LogP contribution in [-0.4, -0.2) is 24.1 Å². The summed E-state index contributed by atoms with van der Waals surface area (Å²) in [5.74, 6) is -0.203. The zero-order valence-electron chi connectivity index (χ0n) is 10.9. The Bertz CT molecular complexity index is 396. The molecule has 0 saturated heterocycles. The number of alkyl halides is 3. The van der Waals surface area contributed by atoms with E-state index < -0.39 is 6.36 Å². The van der Waals surface area contributed by atoms with Crippen molar-refractivity contribution in [3.8, 4) is 5.75 Å². The van der Waals surface area contributed by atoms with Crippen LogP contribution >= 0.6 is 0 Å². The molecule has 0 amide bonds. The minimum atomic E-state index is -4.70. The van der Waals surface area contributed by atoms with Gasteiger partial charge in [-0.25, -0.2) is 0 Å². The minimum absolute atomic E-state index is 0.000979. The zero-order chi connectivity index (χ0) is 14.5. The lowest BCUT2D eigenvalue weighted by molar-refractivity contribution is -0.275. The van der Waals surface area contributed by atoms with Crippen molar-refractivity contribution in [2.24, 2.45) is 0 Å². The molecule has 2 atom stereocenters. The van der Waals surface area contributed by atoms with Gasteiger partial charge in [0, 0.05) is 24.3 Å². The fourth-order valence-corrected chi connectivity index (χ4v) is 1.85. The van der Waals surface area contributed by atoms with Crippen LogP contribution in [0.2, 0.25) is 0 Å². The Hall–Kier alpha value is -1.27. The standard InChI is InChI=1S/C13H18F3NO2/c1-9(7-8-18)17-10(2)11-5-3-4-6-12(11)19-13(14,15)16/h3-6,9-10,17-18H,7-8H2,1-2H3/t9-,10?/m1/s1. The molecule has 3 nitrogen and oxygen atoms in total. The molecule has 0 spiro atoms. The summed E-state index contributed by atoms with van der Waals surface area (Å²) in [6, 6.07) is 5.73. The summed E-state index contributed by atoms with van der Waals surface area (Å²) in [6.07, 6.45) is -4.17. The second-order valence-corrected chi connectivity index (χ2v) is 4.39. The lowest BCUT2D eigenvalue weighted by Gasteiger charge is -2.22. The van der Waals surface area contributed by atoms with E-state index in [1.165, 1.54) is 12.1 Å². The van der Waals surface area contributed by atoms with E-state index in [9.17, 15) is 13.2 Å². The molecule has 19 heavy (non-hydrogen) atoms. The van der Waals surface area contributed by atoms with Crippen molar-refractivity contribution in [3.05, 3.63) is 29.8 Å². The third-order valence-electron chi connectivity index (χ3n) is 2.71. The molecule has 1 unspecified atom stereocenters. The van der Waals surface area contributed by atoms with Gasteiger partial charge in [0.15, 0.2) is 0 Å². The first-order valence-corrected chi connectivity index (χ1v) is 6.05. The maximum atomic E-state index is 12.3. The molecule has 2 N–H and O–H groups in total. The molecule has 0 aliphatic carbocycles. The molecule has 1 aromatic rings. The first-order valence-electron chi connectivity index (χ1n) is 6.05. The Morgan fingerprint density at radius 1 is 1.26 bits per heavy atom. The summed E-state index contributed by atoms with van der Waals surface area (Å²) >= 11 is 0. The summed E-state index contributed by atoms with van der Waals surface area (Å²) in [7, 11) is 0. The Balaban J connectivity index is 2.81. The Morgan fingerprint density at radius 3 is 2.47 bits per heavy atom. The third-order valence-corrected chi connectivity index (χ3v) is 2.71. The molecule has 1 rings (SSSR count). The van der Waals surface area contributed by atoms with Gasteiger partial charge < -0.3 is 15.2 Å². The van der Waals surface area contributed by atoms with E-state index in [0.717, 1.165) is 0 Å². The molecular weight excluding hydrogens is 259 g/mol. The van der Waals surface area contributed by atoms with E-state index in [1.54, 1.807) is 19.1 Å². The van der Waals surface area contributed by atoms with E-state index in [2.05, 4.69) is 10.1 Å². The Morgan fingerprint density at radius 2 is 1.89 bits per heavy atom. The average Bonchev–Trinajstić information content (AvgIpc) is 2.27. The summed E-state index contributed by atoms with van der Waals surface area (Å²) in [5.41, 5.74) is 0.435. The monoisotopic (exact) mass is 277 g/mol. The molecule has 0 aliphatic rings. The van der Waals surface area contributed by atoms with E-state index in [4.69, 9.17) is 5.11 Å². The third kappa shape index (κ3) is 5.48. The molecule has 0 saturated carbocycles. The molecule has 0 fully saturated rings. The fourth-order valence-electron chi connectivity index (χ4n) is 1.85. The van der Waals surface area contributed by atoms with Crippen LogP contribution in [0, 0.1) is 0 Å². The molecule has 108 valence electrons. The van der Waals surface area contributed by atoms with Crippen LogP contribution in [-0.2, 0) is 0 Å². The second-order valence-electron chi connectivity index (χ2n) is 4.39. The first kappa shape index (κ1) is 15.8. The van der Waals surface area contributed by atoms with E-state index >= 15 is 0 Å². The number of hydrogen-bond donors (Lipinski definition) is 2. The van der Waals surface area contributed by atoms with Crippen molar-refractivity contribution in [3.63, 3.8) is 0 Å². The van der Waals surface area contributed by atoms with Crippen LogP contribution < -0.4 is 10.1 Å². The highest BCUT2D eigenvalue weighted by Gasteiger charge is 2.32. The molecule has 0 aliphatic heterocycles. The summed E-state index contributed by atoms with van der Waals surface area (Å²) < 4.78 is 40.9. The molecular formula is C13H18F3NO2. The van der Waals surface area contributed by atoms with Gasteiger partial charge in [-0.05, 0) is 26.3 Å². The van der Waals surface area contributed by atoms with Crippen molar-refractivity contribution in [2.75, 3.05) is 6.61 Å². The quantitative estimate of drug-likeness (QED) is 0.840. The fraction of sp³-hybridized carbons (Fsp3) is 0.538. The van der Waals surface area contributed by atoms with Crippen molar-refractivity contribution < 1.29 is 23.0 Å². The van der Waals surface area contributed by atoms with Crippen LogP contribution in [0.15, 0.2) is 24.3 Å². The molecule has 0 heterocycles. The maximum Gasteiger partial charge on any atom is 0.573 e. The molecule has 6 heteroatoms. The van der Waals surface area contributed by atoms with Crippen molar-refractivity contribution >= 4 is 0 Å². The second kappa shape index (κ2) is 6.77. The number of nitrogens with one attached hydrogen (secondary N) is 1. The van der Waals surface area contributed by atoms with Gasteiger partial charge in [-0.2, -0.15) is 0 Å². The largest absolute Gasteiger partial charge is 0.573 e. The van der Waals surface area contributed by atoms with Gasteiger partial charge in [0.05, 0.1) is 0 Å². The number of aliphatic hydroxyl groups is 1. The summed E-state index contributed by atoms with van der Waals surface area (Å²) in [5, 5.41) is 11.9. The SMILES string of the molecule is CC(N[C@H](C)CCO)c1ccccc1OC(F)(F)F. The van der Waals surface area contributed by atoms with Gasteiger partial charge in [0.1, 0.15) is 5.75 Å². The number of benzene rings is 1. The van der Waals surface area contributed by atoms with E-state index in [0.29, 0.717) is 12.0 Å². The Kier molecular flexibility index (Phi) is 5.62. The lowest BCUT2D eigenvalue weighted by Crippen LogP contribution is -2.30. The van der Waals surface area contributed by atoms with Crippen LogP contribution in [0.1, 0.15) is 31.9 Å². The average molecular weight is 277 g/mol. The highest BCUT2D eigenvalue weighted by molar-refractivity contribution is 5.35. The molecule has 0 aromatic heterocycles. The number of hydrogen-bond acceptors (Lipinski definition) is 3. The lowest BCUT2D eigenvalue weighted by atomic mass is 10.1. The predicted molar refractivity (Wildman–Crippen MR) is 65.8 cm³/mol. The number of para-hydroxylation sites is 1. The minimum Gasteiger partial charge on any atom is -0.405 e. The van der Waals surface area contributed by atoms with E-state index in [-0.39, 0.29) is 24.4 Å². The highest BCUT2D eigenvalue weighted by Crippen LogP contribution is 2.30. The van der Waals surface area contributed by atoms with Crippen LogP contribution in [0.4, 0.5) is 13.2 Å². The molecule has 0 radical (unpaired) electrons. The maximum absolute atomic E-state index is 12.3. The summed E-state index contributed by atoms with van der Waals surface area (Å²) in [4.78, 5) is 0. The normalized spacial score (nSPS) is 15.1. The van der Waals surface area contributed by atoms with Crippen LogP contribution in [0.25, 0.3) is 0 Å². The van der Waals surface area contributed by atoms with Gasteiger partial charge in [-0.3, -0.25) is 0 Å². The van der Waals surface area contributed by atoms with Crippen molar-refractivity contribution in [1.29, 1.82) is 0 Å². The van der Waals surface area contributed by atoms with E-state index in [1.807, 2.05) is 6.92 Å². The number of aliphatic hydroxyl groups excluding tert-OH is 1. The predicted octanol–water partition coefficient (Wildman–Crippen LogP) is 3.01. The number of ether oxygens (including phenoxy) is 1. The van der Waals surface area contributed by atoms with Gasteiger partial charge in [0.25, 0.3) is 0 Å². The van der Waals surface area contributed by atoms with Crippen molar-refractivity contribution in [2.45, 2.75) is 38.7 Å². The zero-order valence-corrected chi connectivity index (χ0v) is 10.9.